The van der Waals surface area contributed by atoms with Crippen LogP contribution in [0, 0.1) is 11.8 Å². The molecule has 0 N–H and O–H groups in total. The van der Waals surface area contributed by atoms with E-state index in [9.17, 15) is 4.79 Å². The van der Waals surface area contributed by atoms with E-state index in [1.165, 1.54) is 6.42 Å². The molecule has 0 aliphatic heterocycles. The number of benzene rings is 1. The van der Waals surface area contributed by atoms with Gasteiger partial charge in [0.05, 0.1) is 16.8 Å². The van der Waals surface area contributed by atoms with E-state index in [-0.39, 0.29) is 11.8 Å². The maximum absolute atomic E-state index is 12.7. The van der Waals surface area contributed by atoms with Crippen molar-refractivity contribution in [1.29, 1.82) is 0 Å². The molecule has 3 rings (SSSR count). The van der Waals surface area contributed by atoms with Gasteiger partial charge >= 0.3 is 0 Å². The predicted octanol–water partition coefficient (Wildman–Crippen LogP) is 3.60. The molecule has 0 unspecified atom stereocenters. The van der Waals surface area contributed by atoms with Crippen molar-refractivity contribution in [1.82, 2.24) is 4.57 Å². The van der Waals surface area contributed by atoms with Gasteiger partial charge in [0.25, 0.3) is 5.91 Å². The molecule has 0 spiro atoms. The van der Waals surface area contributed by atoms with Crippen LogP contribution in [-0.2, 0) is 16.1 Å². The Morgan fingerprint density at radius 1 is 1.35 bits per heavy atom. The summed E-state index contributed by atoms with van der Waals surface area (Å²) in [4.78, 5) is 18.0. The fourth-order valence-corrected chi connectivity index (χ4v) is 4.43. The highest BCUT2D eigenvalue weighted by Gasteiger charge is 2.27. The summed E-state index contributed by atoms with van der Waals surface area (Å²) in [6, 6.07) is 8.20. The van der Waals surface area contributed by atoms with Crippen molar-refractivity contribution in [3.63, 3.8) is 0 Å². The van der Waals surface area contributed by atoms with E-state index in [0.717, 1.165) is 34.3 Å². The van der Waals surface area contributed by atoms with Gasteiger partial charge in [0.15, 0.2) is 4.80 Å². The largest absolute Gasteiger partial charge is 0.383 e. The van der Waals surface area contributed by atoms with Crippen LogP contribution in [0.25, 0.3) is 10.2 Å². The molecule has 0 saturated heterocycles. The Bertz CT molecular complexity index is 747. The number of rotatable bonds is 4. The molecule has 5 heteroatoms. The van der Waals surface area contributed by atoms with Gasteiger partial charge in [-0.25, -0.2) is 0 Å². The Morgan fingerprint density at radius 3 is 2.91 bits per heavy atom. The second kappa shape index (κ2) is 7.41. The molecule has 2 atom stereocenters. The van der Waals surface area contributed by atoms with E-state index in [2.05, 4.69) is 28.6 Å². The Balaban J connectivity index is 1.98. The lowest BCUT2D eigenvalue weighted by Crippen LogP contribution is -2.27. The van der Waals surface area contributed by atoms with Crippen LogP contribution in [-0.4, -0.2) is 24.2 Å². The topological polar surface area (TPSA) is 43.6 Å². The normalized spacial score (nSPS) is 22.6. The van der Waals surface area contributed by atoms with Crippen LogP contribution in [0.3, 0.4) is 0 Å². The first-order valence-electron chi connectivity index (χ1n) is 8.36. The molecular weight excluding hydrogens is 308 g/mol. The summed E-state index contributed by atoms with van der Waals surface area (Å²) in [5.74, 6) is 0.585. The molecular formula is C18H24N2O2S. The molecule has 23 heavy (non-hydrogen) atoms. The molecule has 4 nitrogen and oxygen atoms in total. The van der Waals surface area contributed by atoms with Gasteiger partial charge in [-0.3, -0.25) is 4.79 Å². The van der Waals surface area contributed by atoms with Gasteiger partial charge in [-0.15, -0.1) is 0 Å². The molecule has 1 aliphatic carbocycles. The van der Waals surface area contributed by atoms with E-state index >= 15 is 0 Å². The van der Waals surface area contributed by atoms with Crippen molar-refractivity contribution in [2.24, 2.45) is 16.8 Å². The minimum atomic E-state index is 0.0509. The Kier molecular flexibility index (Phi) is 5.28. The molecule has 1 saturated carbocycles. The van der Waals surface area contributed by atoms with Crippen molar-refractivity contribution in [3.05, 3.63) is 29.1 Å². The molecule has 2 aromatic rings. The lowest BCUT2D eigenvalue weighted by molar-refractivity contribution is -0.124. The van der Waals surface area contributed by atoms with E-state index in [4.69, 9.17) is 4.74 Å². The third kappa shape index (κ3) is 3.56. The van der Waals surface area contributed by atoms with Crippen LogP contribution < -0.4 is 4.80 Å². The minimum Gasteiger partial charge on any atom is -0.383 e. The summed E-state index contributed by atoms with van der Waals surface area (Å²) in [6.45, 7) is 3.51. The van der Waals surface area contributed by atoms with Crippen LogP contribution >= 0.6 is 11.3 Å². The zero-order valence-corrected chi connectivity index (χ0v) is 14.6. The highest BCUT2D eigenvalue weighted by Crippen LogP contribution is 2.30. The fraction of sp³-hybridized carbons (Fsp3) is 0.556. The monoisotopic (exact) mass is 332 g/mol. The van der Waals surface area contributed by atoms with E-state index in [0.29, 0.717) is 19.1 Å². The van der Waals surface area contributed by atoms with Crippen molar-refractivity contribution in [2.75, 3.05) is 13.7 Å². The molecule has 1 amide bonds. The van der Waals surface area contributed by atoms with E-state index < -0.39 is 0 Å². The number of carbonyl (C=O) groups is 1. The zero-order chi connectivity index (χ0) is 16.2. The van der Waals surface area contributed by atoms with Crippen molar-refractivity contribution in [2.45, 2.75) is 39.2 Å². The number of aromatic nitrogens is 1. The van der Waals surface area contributed by atoms with Crippen LogP contribution in [0.2, 0.25) is 0 Å². The first-order valence-corrected chi connectivity index (χ1v) is 9.18. The number of methoxy groups -OCH3 is 1. The molecule has 1 aliphatic rings. The number of amides is 1. The number of hydrogen-bond acceptors (Lipinski definition) is 3. The maximum atomic E-state index is 12.7. The summed E-state index contributed by atoms with van der Waals surface area (Å²) >= 11 is 1.59. The summed E-state index contributed by atoms with van der Waals surface area (Å²) in [6.07, 6.45) is 4.50. The number of carbonyl (C=O) groups excluding carboxylic acids is 1. The molecule has 0 radical (unpaired) electrons. The maximum Gasteiger partial charge on any atom is 0.251 e. The smallest absolute Gasteiger partial charge is 0.251 e. The van der Waals surface area contributed by atoms with Crippen LogP contribution in [0.4, 0.5) is 0 Å². The first-order chi connectivity index (χ1) is 11.2. The Hall–Kier alpha value is -1.46. The van der Waals surface area contributed by atoms with Gasteiger partial charge < -0.3 is 9.30 Å². The summed E-state index contributed by atoms with van der Waals surface area (Å²) < 4.78 is 8.48. The number of para-hydroxylation sites is 1. The highest BCUT2D eigenvalue weighted by atomic mass is 32.1. The van der Waals surface area contributed by atoms with Gasteiger partial charge in [-0.1, -0.05) is 43.2 Å². The first kappa shape index (κ1) is 16.4. The summed E-state index contributed by atoms with van der Waals surface area (Å²) in [5.41, 5.74) is 1.12. The molecule has 1 fully saturated rings. The molecule has 1 aromatic carbocycles. The molecule has 0 bridgehead atoms. The lowest BCUT2D eigenvalue weighted by atomic mass is 9.80. The average molecular weight is 332 g/mol. The summed E-state index contributed by atoms with van der Waals surface area (Å²) in [5, 5.41) is 0. The third-order valence-corrected chi connectivity index (χ3v) is 5.80. The molecule has 1 heterocycles. The fourth-order valence-electron chi connectivity index (χ4n) is 3.37. The second-order valence-electron chi connectivity index (χ2n) is 6.32. The minimum absolute atomic E-state index is 0.0509. The number of nitrogens with zero attached hydrogens (tertiary/aromatic N) is 2. The number of hydrogen-bond donors (Lipinski definition) is 0. The van der Waals surface area contributed by atoms with Gasteiger partial charge in [0, 0.05) is 19.6 Å². The van der Waals surface area contributed by atoms with Crippen molar-refractivity contribution in [3.8, 4) is 0 Å². The zero-order valence-electron chi connectivity index (χ0n) is 13.8. The predicted molar refractivity (Wildman–Crippen MR) is 93.4 cm³/mol. The average Bonchev–Trinajstić information content (AvgIpc) is 2.90. The Labute approximate surface area is 140 Å². The standard InChI is InChI=1S/C18H24N2O2S/c1-13-7-3-4-8-14(13)17(21)19-18-20(11-12-22-2)15-9-5-6-10-16(15)23-18/h5-6,9-10,13-14H,3-4,7-8,11-12H2,1-2H3/b19-18-/t13-,14+/m0/s1. The number of ether oxygens (including phenoxy) is 1. The van der Waals surface area contributed by atoms with E-state index in [1.807, 2.05) is 12.1 Å². The van der Waals surface area contributed by atoms with Crippen molar-refractivity contribution < 1.29 is 9.53 Å². The highest BCUT2D eigenvalue weighted by molar-refractivity contribution is 7.16. The van der Waals surface area contributed by atoms with Gasteiger partial charge in [0.1, 0.15) is 0 Å². The van der Waals surface area contributed by atoms with Crippen molar-refractivity contribution >= 4 is 27.5 Å². The Morgan fingerprint density at radius 2 is 2.13 bits per heavy atom. The van der Waals surface area contributed by atoms with Crippen LogP contribution in [0.15, 0.2) is 29.3 Å². The van der Waals surface area contributed by atoms with E-state index in [1.54, 1.807) is 18.4 Å². The second-order valence-corrected chi connectivity index (χ2v) is 7.32. The quantitative estimate of drug-likeness (QED) is 0.858. The summed E-state index contributed by atoms with van der Waals surface area (Å²) in [7, 11) is 1.70. The lowest BCUT2D eigenvalue weighted by Gasteiger charge is -2.25. The SMILES string of the molecule is COCCn1/c(=N/C(=O)[C@@H]2CCCC[C@@H]2C)sc2ccccc21. The van der Waals surface area contributed by atoms with Gasteiger partial charge in [-0.05, 0) is 30.9 Å². The third-order valence-electron chi connectivity index (χ3n) is 4.74. The number of thiazole rings is 1. The van der Waals surface area contributed by atoms with Gasteiger partial charge in [0.2, 0.25) is 0 Å². The van der Waals surface area contributed by atoms with Gasteiger partial charge in [-0.2, -0.15) is 4.99 Å². The molecule has 124 valence electrons. The number of fused-ring (bicyclic) bond motifs is 1. The van der Waals surface area contributed by atoms with Crippen LogP contribution in [0.5, 0.6) is 0 Å². The van der Waals surface area contributed by atoms with Crippen LogP contribution in [0.1, 0.15) is 32.6 Å². The molecule has 1 aromatic heterocycles.